The zero-order valence-corrected chi connectivity index (χ0v) is 12.7. The van der Waals surface area contributed by atoms with Gasteiger partial charge in [0.05, 0.1) is 5.69 Å². The Bertz CT molecular complexity index is 340. The van der Waals surface area contributed by atoms with Crippen molar-refractivity contribution in [3.05, 3.63) is 17.5 Å². The van der Waals surface area contributed by atoms with Crippen molar-refractivity contribution >= 4 is 0 Å². The van der Waals surface area contributed by atoms with Gasteiger partial charge in [0.25, 0.3) is 0 Å². The fourth-order valence-electron chi connectivity index (χ4n) is 2.20. The summed E-state index contributed by atoms with van der Waals surface area (Å²) in [6, 6.07) is 0. The van der Waals surface area contributed by atoms with E-state index in [1.807, 2.05) is 11.7 Å². The number of nitrogens with zero attached hydrogens (tertiary/aromatic N) is 2. The van der Waals surface area contributed by atoms with E-state index < -0.39 is 0 Å². The number of rotatable bonds is 8. The van der Waals surface area contributed by atoms with Gasteiger partial charge in [0.2, 0.25) is 0 Å². The molecule has 0 saturated heterocycles. The number of nitrogens with one attached hydrogen (secondary N) is 1. The van der Waals surface area contributed by atoms with Crippen LogP contribution >= 0.6 is 0 Å². The first-order valence-electron chi connectivity index (χ1n) is 7.23. The summed E-state index contributed by atoms with van der Waals surface area (Å²) < 4.78 is 1.92. The molecule has 0 aliphatic heterocycles. The molecule has 0 radical (unpaired) electrons. The second-order valence-corrected chi connectivity index (χ2v) is 5.93. The molecule has 1 rings (SSSR count). The van der Waals surface area contributed by atoms with Gasteiger partial charge in [-0.3, -0.25) is 4.68 Å². The molecule has 3 heteroatoms. The van der Waals surface area contributed by atoms with Crippen LogP contribution in [0.5, 0.6) is 0 Å². The highest BCUT2D eigenvalue weighted by Gasteiger charge is 2.10. The van der Waals surface area contributed by atoms with Gasteiger partial charge >= 0.3 is 0 Å². The van der Waals surface area contributed by atoms with E-state index in [1.54, 1.807) is 0 Å². The largest absolute Gasteiger partial charge is 0.313 e. The van der Waals surface area contributed by atoms with Gasteiger partial charge in [0.15, 0.2) is 0 Å². The molecule has 18 heavy (non-hydrogen) atoms. The predicted octanol–water partition coefficient (Wildman–Crippen LogP) is 3.46. The SMILES string of the molecule is CC(C)CCCCNCc1cn(C)nc1C(C)C. The van der Waals surface area contributed by atoms with Gasteiger partial charge in [-0.05, 0) is 24.8 Å². The fraction of sp³-hybridized carbons (Fsp3) is 0.800. The summed E-state index contributed by atoms with van der Waals surface area (Å²) in [7, 11) is 2.00. The Balaban J connectivity index is 2.27. The van der Waals surface area contributed by atoms with E-state index in [4.69, 9.17) is 0 Å². The molecule has 104 valence electrons. The van der Waals surface area contributed by atoms with Crippen LogP contribution < -0.4 is 5.32 Å². The molecule has 1 aromatic rings. The molecule has 3 nitrogen and oxygen atoms in total. The summed E-state index contributed by atoms with van der Waals surface area (Å²) >= 11 is 0. The lowest BCUT2D eigenvalue weighted by Crippen LogP contribution is -2.15. The van der Waals surface area contributed by atoms with E-state index in [9.17, 15) is 0 Å². The van der Waals surface area contributed by atoms with Gasteiger partial charge in [-0.15, -0.1) is 0 Å². The van der Waals surface area contributed by atoms with Crippen LogP contribution in [0.15, 0.2) is 6.20 Å². The van der Waals surface area contributed by atoms with Crippen molar-refractivity contribution < 1.29 is 0 Å². The Hall–Kier alpha value is -0.830. The van der Waals surface area contributed by atoms with Gasteiger partial charge in [0, 0.05) is 25.4 Å². The number of aryl methyl sites for hydroxylation is 1. The summed E-state index contributed by atoms with van der Waals surface area (Å²) in [4.78, 5) is 0. The van der Waals surface area contributed by atoms with Crippen LogP contribution in [-0.4, -0.2) is 16.3 Å². The lowest BCUT2D eigenvalue weighted by molar-refractivity contribution is 0.520. The average molecular weight is 251 g/mol. The lowest BCUT2D eigenvalue weighted by Gasteiger charge is -2.07. The summed E-state index contributed by atoms with van der Waals surface area (Å²) in [6.45, 7) is 11.0. The van der Waals surface area contributed by atoms with Gasteiger partial charge in [-0.2, -0.15) is 5.10 Å². The third-order valence-electron chi connectivity index (χ3n) is 3.18. The fourth-order valence-corrected chi connectivity index (χ4v) is 2.20. The lowest BCUT2D eigenvalue weighted by atomic mass is 10.1. The molecule has 1 aromatic heterocycles. The van der Waals surface area contributed by atoms with Crippen LogP contribution in [0.3, 0.4) is 0 Å². The van der Waals surface area contributed by atoms with Crippen molar-refractivity contribution in [2.45, 2.75) is 59.4 Å². The predicted molar refractivity (Wildman–Crippen MR) is 77.7 cm³/mol. The molecular weight excluding hydrogens is 222 g/mol. The normalized spacial score (nSPS) is 11.7. The van der Waals surface area contributed by atoms with Crippen LogP contribution in [0.1, 0.15) is 64.1 Å². The second-order valence-electron chi connectivity index (χ2n) is 5.93. The van der Waals surface area contributed by atoms with Crippen molar-refractivity contribution in [3.8, 4) is 0 Å². The Morgan fingerprint density at radius 2 is 1.94 bits per heavy atom. The van der Waals surface area contributed by atoms with Crippen molar-refractivity contribution in [1.82, 2.24) is 15.1 Å². The monoisotopic (exact) mass is 251 g/mol. The minimum absolute atomic E-state index is 0.504. The quantitative estimate of drug-likeness (QED) is 0.717. The minimum Gasteiger partial charge on any atom is -0.313 e. The van der Waals surface area contributed by atoms with Gasteiger partial charge in [0.1, 0.15) is 0 Å². The van der Waals surface area contributed by atoms with Gasteiger partial charge < -0.3 is 5.32 Å². The van der Waals surface area contributed by atoms with Crippen molar-refractivity contribution in [2.24, 2.45) is 13.0 Å². The Morgan fingerprint density at radius 1 is 1.22 bits per heavy atom. The third kappa shape index (κ3) is 5.21. The average Bonchev–Trinajstić information content (AvgIpc) is 2.64. The van der Waals surface area contributed by atoms with E-state index in [2.05, 4.69) is 44.3 Å². The number of unbranched alkanes of at least 4 members (excludes halogenated alkanes) is 1. The zero-order chi connectivity index (χ0) is 13.5. The topological polar surface area (TPSA) is 29.9 Å². The molecule has 0 amide bonds. The first kappa shape index (κ1) is 15.2. The molecule has 0 aliphatic rings. The van der Waals surface area contributed by atoms with Crippen LogP contribution in [0.4, 0.5) is 0 Å². The molecule has 0 bridgehead atoms. The number of aromatic nitrogens is 2. The maximum Gasteiger partial charge on any atom is 0.0694 e. The Kier molecular flexibility index (Phi) is 6.41. The summed E-state index contributed by atoms with van der Waals surface area (Å²) in [5, 5.41) is 8.06. The number of hydrogen-bond acceptors (Lipinski definition) is 2. The highest BCUT2D eigenvalue weighted by atomic mass is 15.3. The van der Waals surface area contributed by atoms with Crippen LogP contribution in [0, 0.1) is 5.92 Å². The van der Waals surface area contributed by atoms with Gasteiger partial charge in [-0.1, -0.05) is 40.5 Å². The van der Waals surface area contributed by atoms with Crippen molar-refractivity contribution in [1.29, 1.82) is 0 Å². The standard InChI is InChI=1S/C15H29N3/c1-12(2)8-6-7-9-16-10-14-11-18(5)17-15(14)13(3)4/h11-13,16H,6-10H2,1-5H3. The molecule has 0 fully saturated rings. The molecule has 0 aliphatic carbocycles. The van der Waals surface area contributed by atoms with Crippen molar-refractivity contribution in [2.75, 3.05) is 6.54 Å². The highest BCUT2D eigenvalue weighted by Crippen LogP contribution is 2.16. The molecule has 0 saturated carbocycles. The van der Waals surface area contributed by atoms with Crippen molar-refractivity contribution in [3.63, 3.8) is 0 Å². The summed E-state index contributed by atoms with van der Waals surface area (Å²) in [6.07, 6.45) is 6.08. The van der Waals surface area contributed by atoms with E-state index in [1.165, 1.54) is 30.5 Å². The molecule has 0 aromatic carbocycles. The third-order valence-corrected chi connectivity index (χ3v) is 3.18. The van der Waals surface area contributed by atoms with Crippen LogP contribution in [-0.2, 0) is 13.6 Å². The molecule has 0 spiro atoms. The maximum absolute atomic E-state index is 4.53. The Morgan fingerprint density at radius 3 is 2.56 bits per heavy atom. The van der Waals surface area contributed by atoms with Gasteiger partial charge in [-0.25, -0.2) is 0 Å². The molecule has 1 N–H and O–H groups in total. The maximum atomic E-state index is 4.53. The minimum atomic E-state index is 0.504. The van der Waals surface area contributed by atoms with E-state index >= 15 is 0 Å². The number of hydrogen-bond donors (Lipinski definition) is 1. The summed E-state index contributed by atoms with van der Waals surface area (Å²) in [5.74, 6) is 1.33. The van der Waals surface area contributed by atoms with Crippen LogP contribution in [0.25, 0.3) is 0 Å². The van der Waals surface area contributed by atoms with E-state index in [0.29, 0.717) is 5.92 Å². The highest BCUT2D eigenvalue weighted by molar-refractivity contribution is 5.19. The van der Waals surface area contributed by atoms with E-state index in [-0.39, 0.29) is 0 Å². The second kappa shape index (κ2) is 7.57. The molecule has 0 unspecified atom stereocenters. The Labute approximate surface area is 112 Å². The van der Waals surface area contributed by atoms with E-state index in [0.717, 1.165) is 19.0 Å². The first-order chi connectivity index (χ1) is 8.50. The summed E-state index contributed by atoms with van der Waals surface area (Å²) in [5.41, 5.74) is 2.57. The molecule has 1 heterocycles. The molecular formula is C15H29N3. The smallest absolute Gasteiger partial charge is 0.0694 e. The first-order valence-corrected chi connectivity index (χ1v) is 7.23. The zero-order valence-electron chi connectivity index (χ0n) is 12.7. The van der Waals surface area contributed by atoms with Crippen LogP contribution in [0.2, 0.25) is 0 Å². The molecule has 0 atom stereocenters.